The molecule has 0 atom stereocenters. The van der Waals surface area contributed by atoms with E-state index >= 15 is 0 Å². The molecule has 0 radical (unpaired) electrons. The maximum Gasteiger partial charge on any atom is 0.257 e. The van der Waals surface area contributed by atoms with E-state index in [1.165, 1.54) is 6.07 Å². The molecule has 0 spiro atoms. The van der Waals surface area contributed by atoms with Crippen molar-refractivity contribution in [1.29, 1.82) is 0 Å². The van der Waals surface area contributed by atoms with Crippen LogP contribution in [0.5, 0.6) is 0 Å². The molecule has 1 saturated carbocycles. The number of nitrogens with two attached hydrogens (primary N) is 1. The summed E-state index contributed by atoms with van der Waals surface area (Å²) in [5, 5.41) is 0. The predicted molar refractivity (Wildman–Crippen MR) is 65.3 cm³/mol. The van der Waals surface area contributed by atoms with Gasteiger partial charge in [0.05, 0.1) is 5.56 Å². The molecule has 2 N–H and O–H groups in total. The van der Waals surface area contributed by atoms with Gasteiger partial charge in [0.2, 0.25) is 0 Å². The third-order valence-electron chi connectivity index (χ3n) is 3.10. The molecule has 2 rings (SSSR count). The molecule has 1 fully saturated rings. The molecule has 0 bridgehead atoms. The van der Waals surface area contributed by atoms with Gasteiger partial charge >= 0.3 is 0 Å². The van der Waals surface area contributed by atoms with Crippen molar-refractivity contribution in [3.05, 3.63) is 29.1 Å². The van der Waals surface area contributed by atoms with Gasteiger partial charge in [-0.3, -0.25) is 4.79 Å². The molecule has 4 heteroatoms. The molecule has 0 aromatic heterocycles. The van der Waals surface area contributed by atoms with Crippen molar-refractivity contribution in [2.45, 2.75) is 32.7 Å². The predicted octanol–water partition coefficient (Wildman–Crippen LogP) is 2.34. The topological polar surface area (TPSA) is 46.3 Å². The Morgan fingerprint density at radius 2 is 2.18 bits per heavy atom. The van der Waals surface area contributed by atoms with E-state index in [-0.39, 0.29) is 17.5 Å². The maximum absolute atomic E-state index is 13.9. The van der Waals surface area contributed by atoms with Crippen LogP contribution in [0.1, 0.15) is 35.7 Å². The third-order valence-corrected chi connectivity index (χ3v) is 3.10. The number of hydrogen-bond donors (Lipinski definition) is 1. The highest BCUT2D eigenvalue weighted by molar-refractivity contribution is 5.96. The third kappa shape index (κ3) is 2.25. The Labute approximate surface area is 100 Å². The minimum absolute atomic E-state index is 0.0938. The molecule has 17 heavy (non-hydrogen) atoms. The van der Waals surface area contributed by atoms with Crippen molar-refractivity contribution in [2.24, 2.45) is 0 Å². The quantitative estimate of drug-likeness (QED) is 0.819. The fraction of sp³-hybridized carbons (Fsp3) is 0.462. The smallest absolute Gasteiger partial charge is 0.257 e. The zero-order valence-corrected chi connectivity index (χ0v) is 10.2. The van der Waals surface area contributed by atoms with Crippen molar-refractivity contribution in [3.63, 3.8) is 0 Å². The largest absolute Gasteiger partial charge is 0.399 e. The van der Waals surface area contributed by atoms with Crippen LogP contribution in [-0.4, -0.2) is 23.4 Å². The summed E-state index contributed by atoms with van der Waals surface area (Å²) in [6.07, 6.45) is 2.03. The Morgan fingerprint density at radius 1 is 1.53 bits per heavy atom. The van der Waals surface area contributed by atoms with Crippen molar-refractivity contribution in [2.75, 3.05) is 12.3 Å². The normalized spacial score (nSPS) is 14.8. The number of halogens is 1. The van der Waals surface area contributed by atoms with Crippen molar-refractivity contribution < 1.29 is 9.18 Å². The monoisotopic (exact) mass is 236 g/mol. The van der Waals surface area contributed by atoms with Gasteiger partial charge in [-0.25, -0.2) is 4.39 Å². The van der Waals surface area contributed by atoms with E-state index < -0.39 is 5.82 Å². The number of rotatable bonds is 3. The van der Waals surface area contributed by atoms with E-state index in [1.54, 1.807) is 17.9 Å². The van der Waals surface area contributed by atoms with Crippen LogP contribution >= 0.6 is 0 Å². The Morgan fingerprint density at radius 3 is 2.71 bits per heavy atom. The summed E-state index contributed by atoms with van der Waals surface area (Å²) in [6, 6.07) is 3.25. The molecule has 1 aromatic carbocycles. The number of amides is 1. The highest BCUT2D eigenvalue weighted by atomic mass is 19.1. The Bertz CT molecular complexity index is 455. The van der Waals surface area contributed by atoms with E-state index in [1.807, 2.05) is 6.92 Å². The van der Waals surface area contributed by atoms with Crippen LogP contribution in [0.3, 0.4) is 0 Å². The van der Waals surface area contributed by atoms with Gasteiger partial charge in [0.25, 0.3) is 5.91 Å². The van der Waals surface area contributed by atoms with Crippen LogP contribution in [-0.2, 0) is 0 Å². The standard InChI is InChI=1S/C13H17FN2O/c1-3-16(10-4-5-10)13(17)11-7-9(15)6-8(2)12(11)14/h6-7,10H,3-5,15H2,1-2H3. The first-order chi connectivity index (χ1) is 8.04. The second-order valence-electron chi connectivity index (χ2n) is 4.52. The summed E-state index contributed by atoms with van der Waals surface area (Å²) in [5.41, 5.74) is 6.60. The second kappa shape index (κ2) is 4.35. The van der Waals surface area contributed by atoms with E-state index in [0.717, 1.165) is 12.8 Å². The van der Waals surface area contributed by atoms with Crippen molar-refractivity contribution in [3.8, 4) is 0 Å². The van der Waals surface area contributed by atoms with Crippen LogP contribution in [0, 0.1) is 12.7 Å². The van der Waals surface area contributed by atoms with E-state index in [0.29, 0.717) is 17.8 Å². The number of benzene rings is 1. The number of nitrogens with zero attached hydrogens (tertiary/aromatic N) is 1. The number of nitrogen functional groups attached to an aromatic ring is 1. The first-order valence-electron chi connectivity index (χ1n) is 5.91. The van der Waals surface area contributed by atoms with Crippen LogP contribution in [0.2, 0.25) is 0 Å². The summed E-state index contributed by atoms with van der Waals surface area (Å²) in [7, 11) is 0. The molecule has 0 aliphatic heterocycles. The molecule has 1 aromatic rings. The SMILES string of the molecule is CCN(C(=O)c1cc(N)cc(C)c1F)C1CC1. The zero-order chi connectivity index (χ0) is 12.6. The Balaban J connectivity index is 2.35. The van der Waals surface area contributed by atoms with Crippen molar-refractivity contribution >= 4 is 11.6 Å². The molecule has 0 heterocycles. The lowest BCUT2D eigenvalue weighted by molar-refractivity contribution is 0.0747. The van der Waals surface area contributed by atoms with Gasteiger partial charge in [-0.05, 0) is 44.4 Å². The van der Waals surface area contributed by atoms with Gasteiger partial charge in [0, 0.05) is 18.3 Å². The number of anilines is 1. The Kier molecular flexibility index (Phi) is 3.05. The molecule has 1 aliphatic carbocycles. The molecule has 1 amide bonds. The van der Waals surface area contributed by atoms with Crippen LogP contribution in [0.4, 0.5) is 10.1 Å². The van der Waals surface area contributed by atoms with E-state index in [4.69, 9.17) is 5.73 Å². The van der Waals surface area contributed by atoms with E-state index in [2.05, 4.69) is 0 Å². The van der Waals surface area contributed by atoms with Crippen LogP contribution in [0.15, 0.2) is 12.1 Å². The van der Waals surface area contributed by atoms with E-state index in [9.17, 15) is 9.18 Å². The summed E-state index contributed by atoms with van der Waals surface area (Å²) >= 11 is 0. The van der Waals surface area contributed by atoms with Gasteiger partial charge < -0.3 is 10.6 Å². The van der Waals surface area contributed by atoms with Crippen LogP contribution in [0.25, 0.3) is 0 Å². The lowest BCUT2D eigenvalue weighted by Gasteiger charge is -2.21. The second-order valence-corrected chi connectivity index (χ2v) is 4.52. The molecular weight excluding hydrogens is 219 g/mol. The highest BCUT2D eigenvalue weighted by Crippen LogP contribution is 2.29. The Hall–Kier alpha value is -1.58. The van der Waals surface area contributed by atoms with Gasteiger partial charge in [-0.15, -0.1) is 0 Å². The molecule has 0 unspecified atom stereocenters. The summed E-state index contributed by atoms with van der Waals surface area (Å²) in [6.45, 7) is 4.14. The molecule has 3 nitrogen and oxygen atoms in total. The minimum Gasteiger partial charge on any atom is -0.399 e. The summed E-state index contributed by atoms with van der Waals surface area (Å²) < 4.78 is 13.9. The highest BCUT2D eigenvalue weighted by Gasteiger charge is 2.33. The number of hydrogen-bond acceptors (Lipinski definition) is 2. The molecule has 1 aliphatic rings. The average Bonchev–Trinajstić information content (AvgIpc) is 3.08. The van der Waals surface area contributed by atoms with Crippen LogP contribution < -0.4 is 5.73 Å². The first-order valence-corrected chi connectivity index (χ1v) is 5.91. The molecule has 0 saturated heterocycles. The van der Waals surface area contributed by atoms with Gasteiger partial charge in [-0.2, -0.15) is 0 Å². The minimum atomic E-state index is -0.455. The zero-order valence-electron chi connectivity index (χ0n) is 10.2. The van der Waals surface area contributed by atoms with Gasteiger partial charge in [0.1, 0.15) is 5.82 Å². The summed E-state index contributed by atoms with van der Waals surface area (Å²) in [5.74, 6) is -0.703. The average molecular weight is 236 g/mol. The van der Waals surface area contributed by atoms with Gasteiger partial charge in [-0.1, -0.05) is 0 Å². The first kappa shape index (κ1) is 11.9. The maximum atomic E-state index is 13.9. The van der Waals surface area contributed by atoms with Crippen molar-refractivity contribution in [1.82, 2.24) is 4.90 Å². The lowest BCUT2D eigenvalue weighted by Crippen LogP contribution is -2.33. The fourth-order valence-electron chi connectivity index (χ4n) is 2.06. The number of carbonyl (C=O) groups excluding carboxylic acids is 1. The number of aryl methyl sites for hydroxylation is 1. The molecular formula is C13H17FN2O. The fourth-order valence-corrected chi connectivity index (χ4v) is 2.06. The van der Waals surface area contributed by atoms with Gasteiger partial charge in [0.15, 0.2) is 0 Å². The summed E-state index contributed by atoms with van der Waals surface area (Å²) in [4.78, 5) is 13.9. The lowest BCUT2D eigenvalue weighted by atomic mass is 10.1. The molecule has 92 valence electrons. The number of carbonyl (C=O) groups is 1.